The number of thiophene rings is 1. The van der Waals surface area contributed by atoms with Crippen molar-refractivity contribution < 1.29 is 4.42 Å². The Bertz CT molecular complexity index is 3300. The molecule has 0 amide bonds. The van der Waals surface area contributed by atoms with Gasteiger partial charge in [0.15, 0.2) is 0 Å². The van der Waals surface area contributed by atoms with E-state index in [1.165, 1.54) is 116 Å². The van der Waals surface area contributed by atoms with Crippen molar-refractivity contribution in [3.05, 3.63) is 125 Å². The van der Waals surface area contributed by atoms with Gasteiger partial charge in [-0.25, -0.2) is 0 Å². The van der Waals surface area contributed by atoms with E-state index in [1.54, 1.807) is 0 Å². The van der Waals surface area contributed by atoms with Gasteiger partial charge in [-0.05, 0) is 122 Å². The van der Waals surface area contributed by atoms with Gasteiger partial charge < -0.3 is 13.8 Å². The molecule has 2 aliphatic heterocycles. The fourth-order valence-corrected chi connectivity index (χ4v) is 12.1. The maximum atomic E-state index is 7.37. The smallest absolute Gasteiger partial charge is 0.375 e. The molecule has 0 radical (unpaired) electrons. The molecule has 59 heavy (non-hydrogen) atoms. The van der Waals surface area contributed by atoms with E-state index in [4.69, 9.17) is 4.42 Å². The van der Waals surface area contributed by atoms with Gasteiger partial charge in [-0.1, -0.05) is 118 Å². The van der Waals surface area contributed by atoms with Crippen molar-refractivity contribution in [3.63, 3.8) is 0 Å². The number of anilines is 2. The van der Waals surface area contributed by atoms with Crippen LogP contribution < -0.4 is 15.9 Å². The monoisotopic (exact) mass is 786 g/mol. The summed E-state index contributed by atoms with van der Waals surface area (Å²) in [4.78, 5) is 2.65. The minimum atomic E-state index is -0.168. The Morgan fingerprint density at radius 1 is 0.610 bits per heavy atom. The maximum Gasteiger partial charge on any atom is 0.375 e. The van der Waals surface area contributed by atoms with Gasteiger partial charge in [0.05, 0.1) is 16.7 Å². The maximum absolute atomic E-state index is 7.37. The van der Waals surface area contributed by atoms with Crippen LogP contribution in [-0.2, 0) is 21.7 Å². The Morgan fingerprint density at radius 2 is 1.31 bits per heavy atom. The summed E-state index contributed by atoms with van der Waals surface area (Å²) < 4.78 is 12.6. The SMILES string of the molecule is CC(C)(C)c1ccc(N2B3c4oc5ccc(C(C)(C)C)cc5c4-n4c5cc6c(cc5c5ccc(c3c54)-c3cc4c(cc32)C(C)(C)CCC4(C)C)sc2ccccc26)cc1. The summed E-state index contributed by atoms with van der Waals surface area (Å²) in [7, 11) is 0. The van der Waals surface area contributed by atoms with Gasteiger partial charge in [-0.2, -0.15) is 0 Å². The summed E-state index contributed by atoms with van der Waals surface area (Å²) in [5.41, 5.74) is 17.9. The molecule has 6 aromatic carbocycles. The zero-order valence-electron chi connectivity index (χ0n) is 36.0. The van der Waals surface area contributed by atoms with Crippen LogP contribution in [0.1, 0.15) is 104 Å². The molecule has 3 aliphatic rings. The molecule has 3 nitrogen and oxygen atoms in total. The molecule has 1 aliphatic carbocycles. The molecule has 0 saturated carbocycles. The molecule has 0 spiro atoms. The number of hydrogen-bond donors (Lipinski definition) is 0. The van der Waals surface area contributed by atoms with Gasteiger partial charge in [0.1, 0.15) is 11.2 Å². The van der Waals surface area contributed by atoms with E-state index in [0.717, 1.165) is 11.2 Å². The molecule has 5 heterocycles. The number of rotatable bonds is 1. The highest BCUT2D eigenvalue weighted by Gasteiger charge is 2.49. The van der Waals surface area contributed by atoms with Crippen molar-refractivity contribution in [3.8, 4) is 16.8 Å². The highest BCUT2D eigenvalue weighted by atomic mass is 32.1. The lowest BCUT2D eigenvalue weighted by atomic mass is 9.46. The molecule has 12 rings (SSSR count). The average molecular weight is 787 g/mol. The number of aromatic nitrogens is 1. The second-order valence-electron chi connectivity index (χ2n) is 21.3. The molecule has 9 aromatic rings. The van der Waals surface area contributed by atoms with Gasteiger partial charge in [0.25, 0.3) is 0 Å². The largest absolute Gasteiger partial charge is 0.466 e. The summed E-state index contributed by atoms with van der Waals surface area (Å²) in [5.74, 6) is 0. The van der Waals surface area contributed by atoms with Crippen molar-refractivity contribution in [1.82, 2.24) is 4.57 Å². The van der Waals surface area contributed by atoms with E-state index in [0.29, 0.717) is 0 Å². The summed E-state index contributed by atoms with van der Waals surface area (Å²) >= 11 is 1.90. The Kier molecular flexibility index (Phi) is 6.84. The quantitative estimate of drug-likeness (QED) is 0.155. The minimum absolute atomic E-state index is 0.0157. The fourth-order valence-electron chi connectivity index (χ4n) is 11.0. The van der Waals surface area contributed by atoms with Crippen LogP contribution >= 0.6 is 11.3 Å². The Labute approximate surface area is 351 Å². The van der Waals surface area contributed by atoms with E-state index in [9.17, 15) is 0 Å². The molecular formula is C54H51BN2OS. The van der Waals surface area contributed by atoms with Crippen LogP contribution in [0.15, 0.2) is 108 Å². The van der Waals surface area contributed by atoms with Crippen molar-refractivity contribution in [1.29, 1.82) is 0 Å². The van der Waals surface area contributed by atoms with Crippen molar-refractivity contribution in [2.24, 2.45) is 0 Å². The fraction of sp³-hybridized carbons (Fsp3) is 0.296. The lowest BCUT2D eigenvalue weighted by molar-refractivity contribution is 0.332. The molecule has 0 bridgehead atoms. The normalized spacial score (nSPS) is 16.7. The van der Waals surface area contributed by atoms with E-state index in [-0.39, 0.29) is 28.5 Å². The number of furan rings is 1. The second-order valence-corrected chi connectivity index (χ2v) is 22.3. The molecule has 5 heteroatoms. The van der Waals surface area contributed by atoms with Crippen LogP contribution in [0.2, 0.25) is 0 Å². The van der Waals surface area contributed by atoms with Crippen molar-refractivity contribution in [2.75, 3.05) is 4.81 Å². The number of hydrogen-bond acceptors (Lipinski definition) is 3. The van der Waals surface area contributed by atoms with Crippen LogP contribution in [0, 0.1) is 0 Å². The third-order valence-corrected chi connectivity index (χ3v) is 15.7. The van der Waals surface area contributed by atoms with E-state index in [1.807, 2.05) is 11.3 Å². The van der Waals surface area contributed by atoms with Gasteiger partial charge in [0, 0.05) is 53.3 Å². The zero-order valence-corrected chi connectivity index (χ0v) is 36.8. The van der Waals surface area contributed by atoms with E-state index >= 15 is 0 Å². The molecule has 0 atom stereocenters. The van der Waals surface area contributed by atoms with Crippen molar-refractivity contribution in [2.45, 2.75) is 104 Å². The first-order valence-corrected chi connectivity index (χ1v) is 22.4. The van der Waals surface area contributed by atoms with Gasteiger partial charge in [0.2, 0.25) is 0 Å². The van der Waals surface area contributed by atoms with E-state index in [2.05, 4.69) is 182 Å². The van der Waals surface area contributed by atoms with Crippen LogP contribution in [0.5, 0.6) is 0 Å². The summed E-state index contributed by atoms with van der Waals surface area (Å²) in [5, 5.41) is 6.43. The lowest BCUT2D eigenvalue weighted by Gasteiger charge is -2.45. The number of benzene rings is 6. The van der Waals surface area contributed by atoms with Crippen LogP contribution in [0.3, 0.4) is 0 Å². The topological polar surface area (TPSA) is 21.3 Å². The standard InChI is InChI=1S/C54H51BN2OS/c1-51(2,3)30-15-18-32(19-16-30)57-43-29-41-40(53(7,8)23-24-54(41,9)10)26-36(43)34-20-21-35-37-28-46-38(33-13-11-12-14-45(33)59-46)27-42(37)56-48(35)47(34)55(57)50-49(56)39-25-31(52(4,5)6)17-22-44(39)58-50/h11-22,25-29H,23-24H2,1-10H3. The summed E-state index contributed by atoms with van der Waals surface area (Å²) in [6, 6.07) is 40.3. The zero-order chi connectivity index (χ0) is 40.7. The molecular weight excluding hydrogens is 735 g/mol. The predicted octanol–water partition coefficient (Wildman–Crippen LogP) is 14.1. The average Bonchev–Trinajstić information content (AvgIpc) is 3.86. The van der Waals surface area contributed by atoms with Crippen LogP contribution in [-0.4, -0.2) is 11.4 Å². The molecule has 0 saturated heterocycles. The van der Waals surface area contributed by atoms with Gasteiger partial charge in [-0.3, -0.25) is 0 Å². The molecule has 0 unspecified atom stereocenters. The molecule has 292 valence electrons. The van der Waals surface area contributed by atoms with Gasteiger partial charge >= 0.3 is 6.85 Å². The predicted molar refractivity (Wildman–Crippen MR) is 255 cm³/mol. The first kappa shape index (κ1) is 35.7. The number of nitrogens with zero attached hydrogens (tertiary/aromatic N) is 2. The third kappa shape index (κ3) is 4.77. The number of fused-ring (bicyclic) bond motifs is 14. The highest BCUT2D eigenvalue weighted by Crippen LogP contribution is 2.53. The lowest BCUT2D eigenvalue weighted by Crippen LogP contribution is -2.60. The minimum Gasteiger partial charge on any atom is -0.466 e. The summed E-state index contributed by atoms with van der Waals surface area (Å²) in [6.07, 6.45) is 2.35. The first-order valence-electron chi connectivity index (χ1n) is 21.6. The van der Waals surface area contributed by atoms with Gasteiger partial charge in [-0.15, -0.1) is 11.3 Å². The highest BCUT2D eigenvalue weighted by molar-refractivity contribution is 7.25. The molecule has 0 N–H and O–H groups in total. The Balaban J connectivity index is 1.27. The molecule has 3 aromatic heterocycles. The first-order chi connectivity index (χ1) is 28.0. The third-order valence-electron chi connectivity index (χ3n) is 14.6. The summed E-state index contributed by atoms with van der Waals surface area (Å²) in [6.45, 7) is 23.5. The Hall–Kier alpha value is -5.26. The van der Waals surface area contributed by atoms with Crippen LogP contribution in [0.25, 0.3) is 69.8 Å². The van der Waals surface area contributed by atoms with Crippen molar-refractivity contribution >= 4 is 93.6 Å². The molecule has 0 fully saturated rings. The second kappa shape index (κ2) is 11.3. The van der Waals surface area contributed by atoms with E-state index < -0.39 is 0 Å². The van der Waals surface area contributed by atoms with Crippen LogP contribution in [0.4, 0.5) is 11.4 Å². The Morgan fingerprint density at radius 3 is 2.03 bits per heavy atom.